The molecular formula is C13H22N2O3S. The normalized spacial score (nSPS) is 11.3. The molecule has 1 aromatic rings. The molecule has 0 bridgehead atoms. The molecule has 0 saturated heterocycles. The van der Waals surface area contributed by atoms with Crippen LogP contribution in [0.1, 0.15) is 19.8 Å². The average molecular weight is 286 g/mol. The number of nitrogens with two attached hydrogens (primary N) is 1. The molecule has 0 spiro atoms. The fraction of sp³-hybridized carbons (Fsp3) is 0.538. The van der Waals surface area contributed by atoms with Crippen LogP contribution in [0.5, 0.6) is 5.75 Å². The van der Waals surface area contributed by atoms with E-state index in [2.05, 4.69) is 0 Å². The Bertz CT molecular complexity index is 488. The van der Waals surface area contributed by atoms with Gasteiger partial charge in [0.25, 0.3) is 0 Å². The monoisotopic (exact) mass is 286 g/mol. The van der Waals surface area contributed by atoms with Gasteiger partial charge < -0.3 is 10.5 Å². The summed E-state index contributed by atoms with van der Waals surface area (Å²) >= 11 is 0. The van der Waals surface area contributed by atoms with Gasteiger partial charge in [0, 0.05) is 6.54 Å². The van der Waals surface area contributed by atoms with E-state index in [0.29, 0.717) is 37.4 Å². The molecule has 0 amide bonds. The third-order valence-corrected chi connectivity index (χ3v) is 4.69. The molecule has 0 aliphatic heterocycles. The highest BCUT2D eigenvalue weighted by Gasteiger charge is 2.23. The second-order valence-corrected chi connectivity index (χ2v) is 6.22. The lowest BCUT2D eigenvalue weighted by molar-refractivity contribution is 0.415. The Labute approximate surface area is 115 Å². The molecular weight excluding hydrogens is 264 g/mol. The van der Waals surface area contributed by atoms with Gasteiger partial charge in [0.05, 0.1) is 18.6 Å². The van der Waals surface area contributed by atoms with Gasteiger partial charge >= 0.3 is 0 Å². The second kappa shape index (κ2) is 7.35. The molecule has 0 heterocycles. The lowest BCUT2D eigenvalue weighted by Crippen LogP contribution is -2.35. The first-order chi connectivity index (χ1) is 9.06. The number of benzene rings is 1. The molecule has 0 aliphatic rings. The Morgan fingerprint density at radius 1 is 1.32 bits per heavy atom. The Morgan fingerprint density at radius 2 is 2.00 bits per heavy atom. The van der Waals surface area contributed by atoms with Crippen LogP contribution in [0, 0.1) is 0 Å². The van der Waals surface area contributed by atoms with Crippen molar-refractivity contribution in [3.8, 4) is 5.75 Å². The van der Waals surface area contributed by atoms with Crippen LogP contribution in [-0.4, -0.2) is 34.4 Å². The van der Waals surface area contributed by atoms with Gasteiger partial charge in [0.2, 0.25) is 10.0 Å². The maximum absolute atomic E-state index is 12.3. The summed E-state index contributed by atoms with van der Waals surface area (Å²) in [6.45, 7) is 2.67. The number of sulfonamides is 1. The smallest absolute Gasteiger partial charge is 0.235 e. The summed E-state index contributed by atoms with van der Waals surface area (Å²) in [6, 6.07) is 7.12. The summed E-state index contributed by atoms with van der Waals surface area (Å²) in [6.07, 6.45) is 1.19. The van der Waals surface area contributed by atoms with E-state index in [9.17, 15) is 8.42 Å². The summed E-state index contributed by atoms with van der Waals surface area (Å²) in [5, 5.41) is 0. The summed E-state index contributed by atoms with van der Waals surface area (Å²) < 4.78 is 31.3. The van der Waals surface area contributed by atoms with E-state index in [0.717, 1.165) is 0 Å². The first kappa shape index (κ1) is 15.8. The second-order valence-electron chi connectivity index (χ2n) is 4.20. The zero-order chi connectivity index (χ0) is 14.3. The number of anilines is 1. The third kappa shape index (κ3) is 4.11. The maximum Gasteiger partial charge on any atom is 0.235 e. The topological polar surface area (TPSA) is 72.6 Å². The molecule has 0 unspecified atom stereocenters. The van der Waals surface area contributed by atoms with E-state index < -0.39 is 10.0 Å². The summed E-state index contributed by atoms with van der Waals surface area (Å²) in [5.41, 5.74) is 6.07. The fourth-order valence-corrected chi connectivity index (χ4v) is 3.44. The molecule has 5 nitrogen and oxygen atoms in total. The minimum Gasteiger partial charge on any atom is -0.495 e. The van der Waals surface area contributed by atoms with Crippen molar-refractivity contribution in [2.45, 2.75) is 19.8 Å². The van der Waals surface area contributed by atoms with E-state index >= 15 is 0 Å². The van der Waals surface area contributed by atoms with E-state index in [4.69, 9.17) is 10.5 Å². The van der Waals surface area contributed by atoms with Crippen molar-refractivity contribution in [1.82, 2.24) is 0 Å². The van der Waals surface area contributed by atoms with E-state index in [-0.39, 0.29) is 5.75 Å². The van der Waals surface area contributed by atoms with Crippen LogP contribution in [0.25, 0.3) is 0 Å². The van der Waals surface area contributed by atoms with Crippen molar-refractivity contribution in [2.75, 3.05) is 30.3 Å². The minimum absolute atomic E-state index is 0.121. The van der Waals surface area contributed by atoms with Crippen LogP contribution < -0.4 is 14.8 Å². The number of hydrogen-bond donors (Lipinski definition) is 1. The van der Waals surface area contributed by atoms with Crippen LogP contribution in [0.2, 0.25) is 0 Å². The lowest BCUT2D eigenvalue weighted by Gasteiger charge is -2.25. The molecule has 6 heteroatoms. The Hall–Kier alpha value is -1.27. The van der Waals surface area contributed by atoms with Crippen LogP contribution in [0.4, 0.5) is 5.69 Å². The molecule has 0 atom stereocenters. The third-order valence-electron chi connectivity index (χ3n) is 2.72. The van der Waals surface area contributed by atoms with E-state index in [1.807, 2.05) is 13.0 Å². The summed E-state index contributed by atoms with van der Waals surface area (Å²) in [4.78, 5) is 0. The van der Waals surface area contributed by atoms with Gasteiger partial charge in [-0.2, -0.15) is 0 Å². The molecule has 108 valence electrons. The maximum atomic E-state index is 12.3. The number of para-hydroxylation sites is 2. The van der Waals surface area contributed by atoms with Gasteiger partial charge in [0.15, 0.2) is 0 Å². The van der Waals surface area contributed by atoms with Gasteiger partial charge in [0.1, 0.15) is 5.75 Å². The zero-order valence-electron chi connectivity index (χ0n) is 11.5. The van der Waals surface area contributed by atoms with Gasteiger partial charge in [-0.3, -0.25) is 4.31 Å². The number of hydrogen-bond acceptors (Lipinski definition) is 4. The van der Waals surface area contributed by atoms with Crippen molar-refractivity contribution in [1.29, 1.82) is 0 Å². The SMILES string of the molecule is CCCS(=O)(=O)N(CCCN)c1ccccc1OC. The molecule has 1 aromatic carbocycles. The first-order valence-corrected chi connectivity index (χ1v) is 8.01. The Morgan fingerprint density at radius 3 is 2.58 bits per heavy atom. The zero-order valence-corrected chi connectivity index (χ0v) is 12.3. The van der Waals surface area contributed by atoms with E-state index in [1.54, 1.807) is 18.2 Å². The van der Waals surface area contributed by atoms with Crippen molar-refractivity contribution in [3.05, 3.63) is 24.3 Å². The molecule has 19 heavy (non-hydrogen) atoms. The average Bonchev–Trinajstić information content (AvgIpc) is 2.39. The molecule has 1 rings (SSSR count). The van der Waals surface area contributed by atoms with Crippen LogP contribution >= 0.6 is 0 Å². The predicted octanol–water partition coefficient (Wildman–Crippen LogP) is 1.59. The summed E-state index contributed by atoms with van der Waals surface area (Å²) in [5.74, 6) is 0.675. The first-order valence-electron chi connectivity index (χ1n) is 6.40. The molecule has 0 aliphatic carbocycles. The number of nitrogens with zero attached hydrogens (tertiary/aromatic N) is 1. The predicted molar refractivity (Wildman–Crippen MR) is 78.1 cm³/mol. The van der Waals surface area contributed by atoms with Crippen LogP contribution in [-0.2, 0) is 10.0 Å². The lowest BCUT2D eigenvalue weighted by atomic mass is 10.3. The van der Waals surface area contributed by atoms with Gasteiger partial charge in [-0.25, -0.2) is 8.42 Å². The standard InChI is InChI=1S/C13H22N2O3S/c1-3-11-19(16,17)15(10-6-9-14)12-7-4-5-8-13(12)18-2/h4-5,7-8H,3,6,9-11,14H2,1-2H3. The molecule has 0 saturated carbocycles. The number of ether oxygens (including phenoxy) is 1. The van der Waals surface area contributed by atoms with Crippen molar-refractivity contribution < 1.29 is 13.2 Å². The van der Waals surface area contributed by atoms with Crippen molar-refractivity contribution >= 4 is 15.7 Å². The highest BCUT2D eigenvalue weighted by molar-refractivity contribution is 7.92. The number of methoxy groups -OCH3 is 1. The Kier molecular flexibility index (Phi) is 6.11. The fourth-order valence-electron chi connectivity index (χ4n) is 1.85. The Balaban J connectivity index is 3.16. The van der Waals surface area contributed by atoms with Crippen LogP contribution in [0.15, 0.2) is 24.3 Å². The van der Waals surface area contributed by atoms with Gasteiger partial charge in [-0.1, -0.05) is 19.1 Å². The number of rotatable bonds is 8. The molecule has 0 aromatic heterocycles. The molecule has 2 N–H and O–H groups in total. The van der Waals surface area contributed by atoms with Gasteiger partial charge in [-0.05, 0) is 31.5 Å². The van der Waals surface area contributed by atoms with Crippen LogP contribution in [0.3, 0.4) is 0 Å². The highest BCUT2D eigenvalue weighted by atomic mass is 32.2. The minimum atomic E-state index is -3.33. The van der Waals surface area contributed by atoms with Gasteiger partial charge in [-0.15, -0.1) is 0 Å². The molecule has 0 fully saturated rings. The van der Waals surface area contributed by atoms with Crippen molar-refractivity contribution in [2.24, 2.45) is 5.73 Å². The largest absolute Gasteiger partial charge is 0.495 e. The quantitative estimate of drug-likeness (QED) is 0.787. The summed E-state index contributed by atoms with van der Waals surface area (Å²) in [7, 11) is -1.80. The van der Waals surface area contributed by atoms with Crippen molar-refractivity contribution in [3.63, 3.8) is 0 Å². The molecule has 0 radical (unpaired) electrons. The highest BCUT2D eigenvalue weighted by Crippen LogP contribution is 2.30. The van der Waals surface area contributed by atoms with E-state index in [1.165, 1.54) is 11.4 Å².